The van der Waals surface area contributed by atoms with Crippen LogP contribution < -0.4 is 5.32 Å². The van der Waals surface area contributed by atoms with E-state index in [0.29, 0.717) is 17.9 Å². The molecule has 0 aliphatic carbocycles. The third kappa shape index (κ3) is 2.77. The fourth-order valence-corrected chi connectivity index (χ4v) is 2.31. The number of furan rings is 1. The Morgan fingerprint density at radius 3 is 3.00 bits per heavy atom. The number of nitrogens with one attached hydrogen (secondary N) is 1. The molecule has 96 valence electrons. The fourth-order valence-electron chi connectivity index (χ4n) is 1.64. The molecule has 5 nitrogen and oxygen atoms in total. The van der Waals surface area contributed by atoms with Crippen molar-refractivity contribution in [3.63, 3.8) is 0 Å². The summed E-state index contributed by atoms with van der Waals surface area (Å²) in [6.45, 7) is 4.21. The predicted octanol–water partition coefficient (Wildman–Crippen LogP) is 2.59. The lowest BCUT2D eigenvalue weighted by molar-refractivity contribution is 0.0659. The lowest BCUT2D eigenvalue weighted by Gasteiger charge is -2.08. The summed E-state index contributed by atoms with van der Waals surface area (Å²) in [5.41, 5.74) is 0.640. The quantitative estimate of drug-likeness (QED) is 0.870. The van der Waals surface area contributed by atoms with E-state index in [0.717, 1.165) is 5.01 Å². The molecule has 2 aromatic rings. The number of hydrogen-bond acceptors (Lipinski definition) is 5. The van der Waals surface area contributed by atoms with Crippen LogP contribution in [0, 0.1) is 6.92 Å². The molecule has 1 atom stereocenters. The highest BCUT2D eigenvalue weighted by molar-refractivity contribution is 7.09. The Morgan fingerprint density at radius 1 is 1.67 bits per heavy atom. The van der Waals surface area contributed by atoms with Crippen molar-refractivity contribution in [1.82, 2.24) is 10.3 Å². The zero-order chi connectivity index (χ0) is 13.1. The van der Waals surface area contributed by atoms with Crippen molar-refractivity contribution in [3.05, 3.63) is 39.7 Å². The Bertz CT molecular complexity index is 534. The first-order valence-corrected chi connectivity index (χ1v) is 6.41. The van der Waals surface area contributed by atoms with Gasteiger partial charge in [-0.15, -0.1) is 11.3 Å². The second-order valence-corrected chi connectivity index (χ2v) is 4.93. The van der Waals surface area contributed by atoms with E-state index in [4.69, 9.17) is 9.52 Å². The number of aromatic nitrogens is 1. The summed E-state index contributed by atoms with van der Waals surface area (Å²) in [6.07, 6.45) is 1.76. The maximum absolute atomic E-state index is 10.8. The van der Waals surface area contributed by atoms with Crippen molar-refractivity contribution in [2.24, 2.45) is 0 Å². The van der Waals surface area contributed by atoms with Crippen molar-refractivity contribution in [1.29, 1.82) is 0 Å². The average Bonchev–Trinajstić information content (AvgIpc) is 2.94. The van der Waals surface area contributed by atoms with Gasteiger partial charge in [-0.1, -0.05) is 0 Å². The molecule has 0 aliphatic heterocycles. The van der Waals surface area contributed by atoms with Crippen LogP contribution in [0.2, 0.25) is 0 Å². The molecule has 2 heterocycles. The van der Waals surface area contributed by atoms with Crippen molar-refractivity contribution in [2.75, 3.05) is 0 Å². The number of carboxylic acids is 1. The van der Waals surface area contributed by atoms with Gasteiger partial charge >= 0.3 is 5.97 Å². The van der Waals surface area contributed by atoms with Crippen LogP contribution in [0.4, 0.5) is 0 Å². The van der Waals surface area contributed by atoms with E-state index in [9.17, 15) is 4.79 Å². The molecule has 18 heavy (non-hydrogen) atoms. The number of carboxylic acid groups (broad SMARTS) is 1. The second kappa shape index (κ2) is 5.32. The Morgan fingerprint density at radius 2 is 2.44 bits per heavy atom. The van der Waals surface area contributed by atoms with Crippen LogP contribution in [-0.2, 0) is 6.54 Å². The molecule has 2 aromatic heterocycles. The van der Waals surface area contributed by atoms with Crippen molar-refractivity contribution in [2.45, 2.75) is 26.4 Å². The van der Waals surface area contributed by atoms with Crippen molar-refractivity contribution < 1.29 is 14.3 Å². The highest BCUT2D eigenvalue weighted by Gasteiger charge is 2.15. The van der Waals surface area contributed by atoms with Crippen molar-refractivity contribution >= 4 is 17.3 Å². The zero-order valence-corrected chi connectivity index (χ0v) is 11.0. The first kappa shape index (κ1) is 12.8. The Hall–Kier alpha value is -1.66. The molecule has 0 spiro atoms. The van der Waals surface area contributed by atoms with Gasteiger partial charge in [0, 0.05) is 17.1 Å². The number of nitrogens with zero attached hydrogens (tertiary/aromatic N) is 1. The van der Waals surface area contributed by atoms with E-state index in [1.54, 1.807) is 30.5 Å². The Balaban J connectivity index is 1.98. The van der Waals surface area contributed by atoms with Gasteiger partial charge in [-0.3, -0.25) is 0 Å². The molecule has 0 aromatic carbocycles. The minimum Gasteiger partial charge on any atom is -0.475 e. The van der Waals surface area contributed by atoms with Crippen LogP contribution in [0.1, 0.15) is 39.9 Å². The van der Waals surface area contributed by atoms with E-state index in [1.165, 1.54) is 0 Å². The van der Waals surface area contributed by atoms with Crippen LogP contribution in [-0.4, -0.2) is 16.1 Å². The van der Waals surface area contributed by atoms with Gasteiger partial charge in [-0.2, -0.15) is 0 Å². The topological polar surface area (TPSA) is 75.4 Å². The molecule has 0 saturated carbocycles. The highest BCUT2D eigenvalue weighted by Crippen LogP contribution is 2.18. The lowest BCUT2D eigenvalue weighted by atomic mass is 10.2. The molecule has 0 amide bonds. The molecule has 2 N–H and O–H groups in total. The minimum atomic E-state index is -1.04. The summed E-state index contributed by atoms with van der Waals surface area (Å²) in [4.78, 5) is 15.0. The van der Waals surface area contributed by atoms with Gasteiger partial charge in [0.05, 0.1) is 12.6 Å². The molecule has 0 radical (unpaired) electrons. The highest BCUT2D eigenvalue weighted by atomic mass is 32.1. The van der Waals surface area contributed by atoms with Gasteiger partial charge in [-0.25, -0.2) is 9.78 Å². The fraction of sp³-hybridized carbons (Fsp3) is 0.333. The maximum atomic E-state index is 10.8. The van der Waals surface area contributed by atoms with Crippen LogP contribution in [0.3, 0.4) is 0 Å². The van der Waals surface area contributed by atoms with Gasteiger partial charge in [0.2, 0.25) is 5.76 Å². The van der Waals surface area contributed by atoms with Crippen molar-refractivity contribution in [3.8, 4) is 0 Å². The van der Waals surface area contributed by atoms with Crippen LogP contribution in [0.25, 0.3) is 0 Å². The van der Waals surface area contributed by atoms with Crippen LogP contribution >= 0.6 is 11.3 Å². The molecule has 0 aliphatic rings. The van der Waals surface area contributed by atoms with Crippen LogP contribution in [0.15, 0.2) is 22.1 Å². The number of carbonyl (C=O) groups is 1. The number of aryl methyl sites for hydroxylation is 1. The van der Waals surface area contributed by atoms with Gasteiger partial charge in [-0.05, 0) is 19.9 Å². The molecule has 0 fully saturated rings. The molecule has 6 heteroatoms. The summed E-state index contributed by atoms with van der Waals surface area (Å²) in [6, 6.07) is 1.86. The summed E-state index contributed by atoms with van der Waals surface area (Å²) in [5, 5.41) is 15.0. The summed E-state index contributed by atoms with van der Waals surface area (Å²) >= 11 is 1.58. The van der Waals surface area contributed by atoms with Gasteiger partial charge in [0.1, 0.15) is 10.8 Å². The maximum Gasteiger partial charge on any atom is 0.372 e. The first-order chi connectivity index (χ1) is 8.58. The third-order valence-corrected chi connectivity index (χ3v) is 3.53. The standard InChI is InChI=1S/C12H14N2O3S/c1-7-5-9(17-10(7)12(15)16)6-14-8(2)11-13-3-4-18-11/h3-5,8,14H,6H2,1-2H3,(H,15,16). The van der Waals surface area contributed by atoms with E-state index in [2.05, 4.69) is 10.3 Å². The minimum absolute atomic E-state index is 0.00806. The molecular formula is C12H14N2O3S. The predicted molar refractivity (Wildman–Crippen MR) is 67.8 cm³/mol. The summed E-state index contributed by atoms with van der Waals surface area (Å²) in [5.74, 6) is -0.409. The van der Waals surface area contributed by atoms with E-state index in [1.807, 2.05) is 12.3 Å². The average molecular weight is 266 g/mol. The van der Waals surface area contributed by atoms with E-state index in [-0.39, 0.29) is 11.8 Å². The molecule has 0 saturated heterocycles. The monoisotopic (exact) mass is 266 g/mol. The second-order valence-electron chi connectivity index (χ2n) is 4.00. The van der Waals surface area contributed by atoms with E-state index < -0.39 is 5.97 Å². The molecule has 1 unspecified atom stereocenters. The first-order valence-electron chi connectivity index (χ1n) is 5.53. The number of rotatable bonds is 5. The SMILES string of the molecule is Cc1cc(CNC(C)c2nccs2)oc1C(=O)O. The van der Waals surface area contributed by atoms with Gasteiger partial charge in [0.15, 0.2) is 0 Å². The summed E-state index contributed by atoms with van der Waals surface area (Å²) in [7, 11) is 0. The van der Waals surface area contributed by atoms with Gasteiger partial charge < -0.3 is 14.8 Å². The number of thiazole rings is 1. The Kier molecular flexibility index (Phi) is 3.78. The Labute approximate surface area is 108 Å². The summed E-state index contributed by atoms with van der Waals surface area (Å²) < 4.78 is 5.26. The van der Waals surface area contributed by atoms with E-state index >= 15 is 0 Å². The smallest absolute Gasteiger partial charge is 0.372 e. The molecule has 2 rings (SSSR count). The zero-order valence-electron chi connectivity index (χ0n) is 10.1. The van der Waals surface area contributed by atoms with Gasteiger partial charge in [0.25, 0.3) is 0 Å². The largest absolute Gasteiger partial charge is 0.475 e. The number of aromatic carboxylic acids is 1. The van der Waals surface area contributed by atoms with Crippen LogP contribution in [0.5, 0.6) is 0 Å². The lowest BCUT2D eigenvalue weighted by Crippen LogP contribution is -2.17. The normalized spacial score (nSPS) is 12.6. The number of hydrogen-bond donors (Lipinski definition) is 2. The molecular weight excluding hydrogens is 252 g/mol. The molecule has 0 bridgehead atoms. The third-order valence-electron chi connectivity index (χ3n) is 2.57.